The Morgan fingerprint density at radius 1 is 1.44 bits per heavy atom. The van der Waals surface area contributed by atoms with Gasteiger partial charge in [0.05, 0.1) is 6.54 Å². The lowest BCUT2D eigenvalue weighted by atomic mass is 10.1. The molecule has 0 aromatic heterocycles. The van der Waals surface area contributed by atoms with Crippen LogP contribution >= 0.6 is 0 Å². The Bertz CT molecular complexity index is 380. The van der Waals surface area contributed by atoms with E-state index >= 15 is 0 Å². The van der Waals surface area contributed by atoms with Gasteiger partial charge in [0.15, 0.2) is 0 Å². The Morgan fingerprint density at radius 2 is 2.22 bits per heavy atom. The number of rotatable bonds is 7. The first-order chi connectivity index (χ1) is 8.65. The Balaban J connectivity index is 2.37. The molecule has 0 spiro atoms. The number of anilines is 1. The highest BCUT2D eigenvalue weighted by atomic mass is 16.3. The molecule has 1 aromatic carbocycles. The number of hydrogen-bond donors (Lipinski definition) is 3. The van der Waals surface area contributed by atoms with Crippen LogP contribution < -0.4 is 10.6 Å². The minimum absolute atomic E-state index is 0.0583. The zero-order valence-electron chi connectivity index (χ0n) is 11.1. The molecule has 1 rings (SSSR count). The summed E-state index contributed by atoms with van der Waals surface area (Å²) in [5.74, 6) is -0.0583. The Kier molecular flexibility index (Phi) is 6.39. The number of aliphatic hydroxyl groups excluding tert-OH is 1. The average molecular weight is 250 g/mol. The number of hydrogen-bond acceptors (Lipinski definition) is 3. The topological polar surface area (TPSA) is 61.4 Å². The van der Waals surface area contributed by atoms with Gasteiger partial charge in [0.2, 0.25) is 5.91 Å². The van der Waals surface area contributed by atoms with Gasteiger partial charge >= 0.3 is 0 Å². The summed E-state index contributed by atoms with van der Waals surface area (Å²) in [6.07, 6.45) is 1.58. The predicted octanol–water partition coefficient (Wildman–Crippen LogP) is 1.68. The third-order valence-electron chi connectivity index (χ3n) is 2.82. The van der Waals surface area contributed by atoms with Crippen LogP contribution in [-0.4, -0.2) is 30.2 Å². The second-order valence-corrected chi connectivity index (χ2v) is 4.42. The van der Waals surface area contributed by atoms with Crippen molar-refractivity contribution in [3.63, 3.8) is 0 Å². The molecule has 1 aromatic rings. The van der Waals surface area contributed by atoms with Crippen molar-refractivity contribution in [3.8, 4) is 0 Å². The minimum atomic E-state index is -0.0583. The number of amides is 1. The van der Waals surface area contributed by atoms with Gasteiger partial charge in [0.25, 0.3) is 0 Å². The number of carbonyl (C=O) groups excluding carboxylic acids is 1. The van der Waals surface area contributed by atoms with Gasteiger partial charge in [-0.2, -0.15) is 0 Å². The quantitative estimate of drug-likeness (QED) is 0.690. The van der Waals surface area contributed by atoms with Crippen molar-refractivity contribution in [1.82, 2.24) is 5.32 Å². The van der Waals surface area contributed by atoms with Gasteiger partial charge in [-0.05, 0) is 37.5 Å². The molecule has 1 atom stereocenters. The summed E-state index contributed by atoms with van der Waals surface area (Å²) in [7, 11) is 0. The average Bonchev–Trinajstić information content (AvgIpc) is 2.34. The number of benzene rings is 1. The summed E-state index contributed by atoms with van der Waals surface area (Å²) >= 11 is 0. The molecule has 0 saturated heterocycles. The van der Waals surface area contributed by atoms with Crippen LogP contribution in [0.3, 0.4) is 0 Å². The van der Waals surface area contributed by atoms with Gasteiger partial charge in [-0.3, -0.25) is 4.79 Å². The van der Waals surface area contributed by atoms with Crippen molar-refractivity contribution in [2.75, 3.05) is 18.5 Å². The lowest BCUT2D eigenvalue weighted by Crippen LogP contribution is -2.36. The predicted molar refractivity (Wildman–Crippen MR) is 73.6 cm³/mol. The first kappa shape index (κ1) is 14.7. The fourth-order valence-corrected chi connectivity index (χ4v) is 1.77. The fourth-order valence-electron chi connectivity index (χ4n) is 1.77. The van der Waals surface area contributed by atoms with E-state index in [9.17, 15) is 4.79 Å². The first-order valence-corrected chi connectivity index (χ1v) is 6.36. The molecular formula is C14H22N2O2. The van der Waals surface area contributed by atoms with E-state index in [0.29, 0.717) is 6.42 Å². The monoisotopic (exact) mass is 250 g/mol. The van der Waals surface area contributed by atoms with Crippen LogP contribution in [0.5, 0.6) is 0 Å². The molecule has 3 N–H and O–H groups in total. The van der Waals surface area contributed by atoms with Crippen LogP contribution in [0.15, 0.2) is 24.3 Å². The molecule has 0 radical (unpaired) electrons. The van der Waals surface area contributed by atoms with Gasteiger partial charge in [-0.15, -0.1) is 0 Å². The van der Waals surface area contributed by atoms with Crippen LogP contribution in [0, 0.1) is 6.92 Å². The van der Waals surface area contributed by atoms with E-state index in [-0.39, 0.29) is 25.1 Å². The highest BCUT2D eigenvalue weighted by molar-refractivity contribution is 5.92. The minimum Gasteiger partial charge on any atom is -0.396 e. The molecule has 0 bridgehead atoms. The summed E-state index contributed by atoms with van der Waals surface area (Å²) in [6, 6.07) is 7.90. The van der Waals surface area contributed by atoms with E-state index in [1.165, 1.54) is 0 Å². The number of aryl methyl sites for hydroxylation is 1. The maximum atomic E-state index is 11.7. The second-order valence-electron chi connectivity index (χ2n) is 4.42. The van der Waals surface area contributed by atoms with Crippen molar-refractivity contribution in [2.24, 2.45) is 0 Å². The number of aliphatic hydroxyl groups is 1. The molecule has 1 unspecified atom stereocenters. The van der Waals surface area contributed by atoms with Crippen LogP contribution in [0.1, 0.15) is 25.3 Å². The SMILES string of the molecule is CCC(CCO)NCC(=O)Nc1cccc(C)c1. The zero-order valence-corrected chi connectivity index (χ0v) is 11.1. The Labute approximate surface area is 108 Å². The van der Waals surface area contributed by atoms with E-state index in [4.69, 9.17) is 5.11 Å². The number of carbonyl (C=O) groups is 1. The summed E-state index contributed by atoms with van der Waals surface area (Å²) < 4.78 is 0. The molecule has 0 fully saturated rings. The third-order valence-corrected chi connectivity index (χ3v) is 2.82. The molecule has 1 amide bonds. The highest BCUT2D eigenvalue weighted by Gasteiger charge is 2.07. The van der Waals surface area contributed by atoms with Crippen molar-refractivity contribution in [1.29, 1.82) is 0 Å². The lowest BCUT2D eigenvalue weighted by molar-refractivity contribution is -0.115. The van der Waals surface area contributed by atoms with E-state index in [2.05, 4.69) is 10.6 Å². The molecule has 0 aliphatic rings. The van der Waals surface area contributed by atoms with E-state index in [1.54, 1.807) is 0 Å². The molecule has 0 aliphatic heterocycles. The van der Waals surface area contributed by atoms with Gasteiger partial charge in [-0.25, -0.2) is 0 Å². The lowest BCUT2D eigenvalue weighted by Gasteiger charge is -2.15. The van der Waals surface area contributed by atoms with Crippen molar-refractivity contribution < 1.29 is 9.90 Å². The summed E-state index contributed by atoms with van der Waals surface area (Å²) in [5, 5.41) is 14.8. The summed E-state index contributed by atoms with van der Waals surface area (Å²) in [5.41, 5.74) is 1.93. The maximum absolute atomic E-state index is 11.7. The third kappa shape index (κ3) is 5.29. The Morgan fingerprint density at radius 3 is 2.83 bits per heavy atom. The molecule has 0 aliphatic carbocycles. The second kappa shape index (κ2) is 7.84. The highest BCUT2D eigenvalue weighted by Crippen LogP contribution is 2.09. The molecule has 100 valence electrons. The molecular weight excluding hydrogens is 228 g/mol. The van der Waals surface area contributed by atoms with E-state index in [0.717, 1.165) is 17.7 Å². The number of nitrogens with one attached hydrogen (secondary N) is 2. The summed E-state index contributed by atoms with van der Waals surface area (Å²) in [4.78, 5) is 11.7. The van der Waals surface area contributed by atoms with Crippen LogP contribution in [0.25, 0.3) is 0 Å². The smallest absolute Gasteiger partial charge is 0.238 e. The van der Waals surface area contributed by atoms with Crippen LogP contribution in [-0.2, 0) is 4.79 Å². The van der Waals surface area contributed by atoms with Gasteiger partial charge in [0, 0.05) is 18.3 Å². The summed E-state index contributed by atoms with van der Waals surface area (Å²) in [6.45, 7) is 4.44. The van der Waals surface area contributed by atoms with Crippen molar-refractivity contribution in [3.05, 3.63) is 29.8 Å². The normalized spacial score (nSPS) is 12.2. The van der Waals surface area contributed by atoms with Gasteiger partial charge in [0.1, 0.15) is 0 Å². The largest absolute Gasteiger partial charge is 0.396 e. The maximum Gasteiger partial charge on any atom is 0.238 e. The van der Waals surface area contributed by atoms with E-state index in [1.807, 2.05) is 38.1 Å². The first-order valence-electron chi connectivity index (χ1n) is 6.36. The molecule has 4 heteroatoms. The van der Waals surface area contributed by atoms with Crippen LogP contribution in [0.2, 0.25) is 0 Å². The van der Waals surface area contributed by atoms with Crippen LogP contribution in [0.4, 0.5) is 5.69 Å². The molecule has 18 heavy (non-hydrogen) atoms. The van der Waals surface area contributed by atoms with E-state index < -0.39 is 0 Å². The molecule has 0 heterocycles. The van der Waals surface area contributed by atoms with Gasteiger partial charge in [-0.1, -0.05) is 19.1 Å². The van der Waals surface area contributed by atoms with Crippen molar-refractivity contribution in [2.45, 2.75) is 32.7 Å². The molecule has 4 nitrogen and oxygen atoms in total. The zero-order chi connectivity index (χ0) is 13.4. The standard InChI is InChI=1S/C14H22N2O2/c1-3-12(7-8-17)15-10-14(18)16-13-6-4-5-11(2)9-13/h4-6,9,12,15,17H,3,7-8,10H2,1-2H3,(H,16,18). The Hall–Kier alpha value is -1.39. The fraction of sp³-hybridized carbons (Fsp3) is 0.500. The van der Waals surface area contributed by atoms with Crippen molar-refractivity contribution >= 4 is 11.6 Å². The molecule has 0 saturated carbocycles. The van der Waals surface area contributed by atoms with Gasteiger partial charge < -0.3 is 15.7 Å².